The lowest BCUT2D eigenvalue weighted by atomic mass is 9.42. The van der Waals surface area contributed by atoms with Crippen molar-refractivity contribution in [1.82, 2.24) is 10.6 Å². The molecule has 10 atom stereocenters. The molecule has 3 nitrogen and oxygen atoms in total. The Morgan fingerprint density at radius 3 is 2.17 bits per heavy atom. The van der Waals surface area contributed by atoms with Crippen LogP contribution in [0.25, 0.3) is 0 Å². The van der Waals surface area contributed by atoms with E-state index in [0.29, 0.717) is 39.7 Å². The highest BCUT2D eigenvalue weighted by Crippen LogP contribution is 2.88. The highest BCUT2D eigenvalue weighted by Gasteiger charge is 2.82. The van der Waals surface area contributed by atoms with Crippen LogP contribution >= 0.6 is 0 Å². The van der Waals surface area contributed by atoms with Gasteiger partial charge in [0.15, 0.2) is 0 Å². The molecule has 5 saturated carbocycles. The van der Waals surface area contributed by atoms with Crippen LogP contribution in [0.2, 0.25) is 0 Å². The van der Waals surface area contributed by atoms with Crippen molar-refractivity contribution in [3.8, 4) is 0 Å². The minimum Gasteiger partial charge on any atom is -0.393 e. The summed E-state index contributed by atoms with van der Waals surface area (Å²) in [5.74, 6) is 2.08. The molecule has 0 aromatic rings. The molecular formula is C26H46N2O. The third-order valence-corrected chi connectivity index (χ3v) is 12.5. The summed E-state index contributed by atoms with van der Waals surface area (Å²) in [5, 5.41) is 18.4. The molecule has 5 fully saturated rings. The first-order chi connectivity index (χ1) is 13.5. The van der Waals surface area contributed by atoms with Gasteiger partial charge in [0.2, 0.25) is 0 Å². The van der Waals surface area contributed by atoms with E-state index in [0.717, 1.165) is 18.3 Å². The van der Waals surface area contributed by atoms with Crippen LogP contribution < -0.4 is 10.6 Å². The molecule has 5 aliphatic carbocycles. The zero-order valence-electron chi connectivity index (χ0n) is 20.1. The van der Waals surface area contributed by atoms with Gasteiger partial charge in [-0.15, -0.1) is 0 Å². The third-order valence-electron chi connectivity index (χ3n) is 12.5. The molecule has 5 rings (SSSR count). The van der Waals surface area contributed by atoms with Crippen LogP contribution in [0.5, 0.6) is 0 Å². The van der Waals surface area contributed by atoms with Gasteiger partial charge in [-0.2, -0.15) is 0 Å². The minimum absolute atomic E-state index is 0.147. The molecule has 0 aromatic carbocycles. The highest BCUT2D eigenvalue weighted by atomic mass is 16.3. The van der Waals surface area contributed by atoms with Crippen molar-refractivity contribution in [2.45, 2.75) is 104 Å². The summed E-state index contributed by atoms with van der Waals surface area (Å²) < 4.78 is 0. The largest absolute Gasteiger partial charge is 0.393 e. The molecule has 3 heteroatoms. The summed E-state index contributed by atoms with van der Waals surface area (Å²) in [5.41, 5.74) is 2.14. The summed E-state index contributed by atoms with van der Waals surface area (Å²) in [6, 6.07) is 1.06. The Kier molecular flexibility index (Phi) is 4.31. The minimum atomic E-state index is -0.147. The smallest absolute Gasteiger partial charge is 0.0594 e. The van der Waals surface area contributed by atoms with Crippen molar-refractivity contribution in [1.29, 1.82) is 0 Å². The lowest BCUT2D eigenvalue weighted by Crippen LogP contribution is -2.59. The maximum Gasteiger partial charge on any atom is 0.0594 e. The Balaban J connectivity index is 1.52. The fraction of sp³-hybridized carbons (Fsp3) is 1.00. The Hall–Kier alpha value is -0.120. The normalized spacial score (nSPS) is 58.6. The van der Waals surface area contributed by atoms with Gasteiger partial charge >= 0.3 is 0 Å². The molecule has 3 N–H and O–H groups in total. The van der Waals surface area contributed by atoms with E-state index in [9.17, 15) is 5.11 Å². The second-order valence-electron chi connectivity index (χ2n) is 13.1. The summed E-state index contributed by atoms with van der Waals surface area (Å²) in [7, 11) is 4.25. The predicted octanol–water partition coefficient (Wildman–Crippen LogP) is 4.59. The van der Waals surface area contributed by atoms with Crippen molar-refractivity contribution in [2.24, 2.45) is 44.8 Å². The van der Waals surface area contributed by atoms with Crippen molar-refractivity contribution < 1.29 is 5.11 Å². The maximum absolute atomic E-state index is 11.3. The topological polar surface area (TPSA) is 44.3 Å². The molecule has 166 valence electrons. The fourth-order valence-electron chi connectivity index (χ4n) is 11.1. The van der Waals surface area contributed by atoms with Crippen LogP contribution in [0.1, 0.15) is 86.0 Å². The number of hydrogen-bond donors (Lipinski definition) is 3. The lowest BCUT2D eigenvalue weighted by molar-refractivity contribution is -0.144. The second kappa shape index (κ2) is 6.01. The van der Waals surface area contributed by atoms with E-state index in [1.54, 1.807) is 0 Å². The van der Waals surface area contributed by atoms with Gasteiger partial charge in [-0.05, 0) is 111 Å². The van der Waals surface area contributed by atoms with E-state index in [-0.39, 0.29) is 11.5 Å². The van der Waals surface area contributed by atoms with Gasteiger partial charge in [-0.1, -0.05) is 27.7 Å². The first-order valence-corrected chi connectivity index (χ1v) is 12.6. The maximum atomic E-state index is 11.3. The number of fused-ring (bicyclic) bond motifs is 2. The molecular weight excluding hydrogens is 356 g/mol. The van der Waals surface area contributed by atoms with E-state index in [1.807, 2.05) is 0 Å². The average molecular weight is 403 g/mol. The fourth-order valence-corrected chi connectivity index (χ4v) is 11.1. The molecule has 0 bridgehead atoms. The highest BCUT2D eigenvalue weighted by molar-refractivity contribution is 5.31. The van der Waals surface area contributed by atoms with E-state index in [2.05, 4.69) is 59.3 Å². The summed E-state index contributed by atoms with van der Waals surface area (Å²) in [6.45, 7) is 12.6. The number of rotatable bonds is 3. The molecule has 5 unspecified atom stereocenters. The van der Waals surface area contributed by atoms with Gasteiger partial charge in [0, 0.05) is 18.0 Å². The van der Waals surface area contributed by atoms with Gasteiger partial charge < -0.3 is 15.7 Å². The molecule has 0 amide bonds. The van der Waals surface area contributed by atoms with E-state index >= 15 is 0 Å². The molecule has 0 radical (unpaired) electrons. The van der Waals surface area contributed by atoms with Crippen molar-refractivity contribution in [3.63, 3.8) is 0 Å². The van der Waals surface area contributed by atoms with Crippen LogP contribution in [0.3, 0.4) is 0 Å². The molecule has 2 spiro atoms. The molecule has 29 heavy (non-hydrogen) atoms. The molecule has 0 heterocycles. The Labute approximate surface area is 179 Å². The predicted molar refractivity (Wildman–Crippen MR) is 120 cm³/mol. The van der Waals surface area contributed by atoms with E-state index < -0.39 is 0 Å². The van der Waals surface area contributed by atoms with Crippen LogP contribution in [0.4, 0.5) is 0 Å². The summed E-state index contributed by atoms with van der Waals surface area (Å²) in [4.78, 5) is 0. The van der Waals surface area contributed by atoms with Crippen molar-refractivity contribution in [2.75, 3.05) is 14.1 Å². The first kappa shape index (κ1) is 20.8. The summed E-state index contributed by atoms with van der Waals surface area (Å²) in [6.07, 6.45) is 10.7. The Morgan fingerprint density at radius 2 is 1.52 bits per heavy atom. The van der Waals surface area contributed by atoms with Crippen molar-refractivity contribution >= 4 is 0 Å². The standard InChI is InChI=1S/C26H46N2O/c1-16(27-6)21-17(29)14-24(5)19-9-8-18-22(2,3)20(28-7)10-11-25(18)15-26(19,25)13-12-23(21,24)4/h16-21,27-29H,8-15H2,1-7H3/t16-,17+,18?,19?,20?,21-,23+,24-,25?,26?/m0/s1. The zero-order valence-corrected chi connectivity index (χ0v) is 20.1. The van der Waals surface area contributed by atoms with Gasteiger partial charge in [0.25, 0.3) is 0 Å². The first-order valence-electron chi connectivity index (χ1n) is 12.6. The van der Waals surface area contributed by atoms with Crippen molar-refractivity contribution in [3.05, 3.63) is 0 Å². The third kappa shape index (κ3) is 2.16. The molecule has 0 aliphatic heterocycles. The van der Waals surface area contributed by atoms with Gasteiger partial charge in [0.1, 0.15) is 0 Å². The van der Waals surface area contributed by atoms with Gasteiger partial charge in [-0.25, -0.2) is 0 Å². The van der Waals surface area contributed by atoms with Crippen LogP contribution in [-0.2, 0) is 0 Å². The van der Waals surface area contributed by atoms with Gasteiger partial charge in [0.05, 0.1) is 6.10 Å². The SMILES string of the molecule is CNC1CCC23CC24CC[C@]2(C)[C@@H]([C@H](C)NC)[C@H](O)C[C@@]2(C)C4CCC3C1(C)C. The second-order valence-corrected chi connectivity index (χ2v) is 13.1. The van der Waals surface area contributed by atoms with Crippen LogP contribution in [0.15, 0.2) is 0 Å². The lowest BCUT2D eigenvalue weighted by Gasteiger charge is -2.63. The Morgan fingerprint density at radius 1 is 0.862 bits per heavy atom. The Bertz CT molecular complexity index is 692. The molecule has 0 aromatic heterocycles. The van der Waals surface area contributed by atoms with E-state index in [1.165, 1.54) is 44.9 Å². The quantitative estimate of drug-likeness (QED) is 0.647. The van der Waals surface area contributed by atoms with Crippen LogP contribution in [0, 0.1) is 44.8 Å². The average Bonchev–Trinajstić information content (AvgIpc) is 3.26. The van der Waals surface area contributed by atoms with Crippen LogP contribution in [-0.4, -0.2) is 37.4 Å². The molecule has 5 aliphatic rings. The number of aliphatic hydroxyl groups is 1. The summed E-state index contributed by atoms with van der Waals surface area (Å²) >= 11 is 0. The zero-order chi connectivity index (χ0) is 21.0. The number of nitrogens with one attached hydrogen (secondary N) is 2. The molecule has 0 saturated heterocycles. The number of hydrogen-bond acceptors (Lipinski definition) is 3. The van der Waals surface area contributed by atoms with Gasteiger partial charge in [-0.3, -0.25) is 0 Å². The number of aliphatic hydroxyl groups excluding tert-OH is 1. The monoisotopic (exact) mass is 402 g/mol. The van der Waals surface area contributed by atoms with E-state index in [4.69, 9.17) is 0 Å².